The van der Waals surface area contributed by atoms with Crippen molar-refractivity contribution in [1.82, 2.24) is 20.2 Å². The summed E-state index contributed by atoms with van der Waals surface area (Å²) in [7, 11) is 0. The van der Waals surface area contributed by atoms with E-state index in [1.807, 2.05) is 26.0 Å². The number of carbonyl (C=O) groups excluding carboxylic acids is 2. The highest BCUT2D eigenvalue weighted by molar-refractivity contribution is 7.99. The van der Waals surface area contributed by atoms with Crippen LogP contribution in [0.1, 0.15) is 34.1 Å². The van der Waals surface area contributed by atoms with E-state index in [1.165, 1.54) is 0 Å². The Bertz CT molecular complexity index is 877. The Morgan fingerprint density at radius 2 is 1.89 bits per heavy atom. The maximum absolute atomic E-state index is 12.9. The molecule has 0 saturated heterocycles. The van der Waals surface area contributed by atoms with Crippen LogP contribution in [-0.2, 0) is 11.3 Å². The predicted molar refractivity (Wildman–Crippen MR) is 108 cm³/mol. The molecule has 1 heterocycles. The van der Waals surface area contributed by atoms with Gasteiger partial charge in [0, 0.05) is 12.6 Å². The van der Waals surface area contributed by atoms with Crippen LogP contribution < -0.4 is 16.2 Å². The average molecular weight is 391 g/mol. The van der Waals surface area contributed by atoms with Gasteiger partial charge in [-0.25, -0.2) is 9.78 Å². The molecule has 0 fully saturated rings. The number of rotatable bonds is 7. The normalized spacial score (nSPS) is 11.2. The van der Waals surface area contributed by atoms with Crippen molar-refractivity contribution < 1.29 is 9.59 Å². The molecule has 0 aliphatic carbocycles. The number of para-hydroxylation sites is 1. The van der Waals surface area contributed by atoms with Gasteiger partial charge in [0.05, 0.1) is 16.7 Å². The molecule has 2 rings (SSSR count). The predicted octanol–water partition coefficient (Wildman–Crippen LogP) is 2.77. The van der Waals surface area contributed by atoms with Crippen molar-refractivity contribution in [3.63, 3.8) is 0 Å². The second-order valence-electron chi connectivity index (χ2n) is 7.02. The minimum atomic E-state index is -0.528. The van der Waals surface area contributed by atoms with E-state index in [0.29, 0.717) is 28.5 Å². The molecule has 0 saturated carbocycles. The highest BCUT2D eigenvalue weighted by Crippen LogP contribution is 2.18. The van der Waals surface area contributed by atoms with Gasteiger partial charge in [-0.1, -0.05) is 37.7 Å². The van der Waals surface area contributed by atoms with Crippen LogP contribution in [0.25, 0.3) is 10.9 Å². The van der Waals surface area contributed by atoms with E-state index in [2.05, 4.69) is 29.5 Å². The highest BCUT2D eigenvalue weighted by Gasteiger charge is 2.15. The fraction of sp³-hybridized carbons (Fsp3) is 0.474. The number of aromatic nitrogens is 2. The minimum Gasteiger partial charge on any atom is -0.336 e. The monoisotopic (exact) mass is 390 g/mol. The molecule has 1 aromatic heterocycles. The molecule has 7 nitrogen and oxygen atoms in total. The Balaban J connectivity index is 2.20. The van der Waals surface area contributed by atoms with Crippen LogP contribution in [0.4, 0.5) is 4.79 Å². The number of amides is 3. The lowest BCUT2D eigenvalue weighted by Gasteiger charge is -2.14. The maximum atomic E-state index is 12.9. The van der Waals surface area contributed by atoms with Crippen LogP contribution in [0, 0.1) is 5.92 Å². The third-order valence-electron chi connectivity index (χ3n) is 3.76. The van der Waals surface area contributed by atoms with Gasteiger partial charge in [0.2, 0.25) is 5.91 Å². The number of fused-ring (bicyclic) bond motifs is 1. The molecule has 1 aromatic carbocycles. The van der Waals surface area contributed by atoms with E-state index in [4.69, 9.17) is 0 Å². The molecule has 8 heteroatoms. The molecule has 0 spiro atoms. The van der Waals surface area contributed by atoms with E-state index < -0.39 is 11.9 Å². The second kappa shape index (κ2) is 9.55. The Kier molecular flexibility index (Phi) is 7.41. The van der Waals surface area contributed by atoms with Crippen LogP contribution in [0.3, 0.4) is 0 Å². The molecule has 27 heavy (non-hydrogen) atoms. The summed E-state index contributed by atoms with van der Waals surface area (Å²) in [6, 6.07) is 6.58. The van der Waals surface area contributed by atoms with E-state index >= 15 is 0 Å². The van der Waals surface area contributed by atoms with Crippen molar-refractivity contribution >= 4 is 34.6 Å². The summed E-state index contributed by atoms with van der Waals surface area (Å²) in [5.41, 5.74) is 0.491. The van der Waals surface area contributed by atoms with Crippen LogP contribution in [0.5, 0.6) is 0 Å². The number of imide groups is 1. The van der Waals surface area contributed by atoms with Crippen LogP contribution >= 0.6 is 11.8 Å². The summed E-state index contributed by atoms with van der Waals surface area (Å²) in [5, 5.41) is 5.92. The molecule has 0 bridgehead atoms. The number of thioether (sulfide) groups is 1. The van der Waals surface area contributed by atoms with Gasteiger partial charge < -0.3 is 5.32 Å². The quantitative estimate of drug-likeness (QED) is 0.560. The number of urea groups is 1. The first kappa shape index (κ1) is 21.0. The van der Waals surface area contributed by atoms with Crippen molar-refractivity contribution in [2.75, 3.05) is 5.75 Å². The van der Waals surface area contributed by atoms with Gasteiger partial charge in [-0.3, -0.25) is 19.5 Å². The van der Waals surface area contributed by atoms with Gasteiger partial charge in [0.25, 0.3) is 5.56 Å². The topological polar surface area (TPSA) is 93.1 Å². The minimum absolute atomic E-state index is 0.00201. The smallest absolute Gasteiger partial charge is 0.321 e. The fourth-order valence-corrected chi connectivity index (χ4v) is 3.26. The molecule has 146 valence electrons. The number of hydrogen-bond donors (Lipinski definition) is 2. The van der Waals surface area contributed by atoms with Crippen molar-refractivity contribution in [1.29, 1.82) is 0 Å². The van der Waals surface area contributed by atoms with Crippen LogP contribution in [-0.4, -0.2) is 33.3 Å². The van der Waals surface area contributed by atoms with E-state index in [0.717, 1.165) is 18.2 Å². The van der Waals surface area contributed by atoms with Gasteiger partial charge in [0.15, 0.2) is 5.16 Å². The summed E-state index contributed by atoms with van der Waals surface area (Å²) in [4.78, 5) is 41.1. The third kappa shape index (κ3) is 6.09. The fourth-order valence-electron chi connectivity index (χ4n) is 2.43. The second-order valence-corrected chi connectivity index (χ2v) is 7.96. The molecule has 0 radical (unpaired) electrons. The molecular weight excluding hydrogens is 364 g/mol. The molecule has 3 amide bonds. The molecule has 0 unspecified atom stereocenters. The van der Waals surface area contributed by atoms with E-state index in [9.17, 15) is 14.4 Å². The number of nitrogens with one attached hydrogen (secondary N) is 2. The zero-order chi connectivity index (χ0) is 20.0. The largest absolute Gasteiger partial charge is 0.336 e. The van der Waals surface area contributed by atoms with Gasteiger partial charge in [0.1, 0.15) is 0 Å². The summed E-state index contributed by atoms with van der Waals surface area (Å²) < 4.78 is 1.62. The van der Waals surface area contributed by atoms with Crippen LogP contribution in [0.2, 0.25) is 0 Å². The van der Waals surface area contributed by atoms with Crippen molar-refractivity contribution in [3.8, 4) is 0 Å². The molecule has 0 aliphatic heterocycles. The Morgan fingerprint density at radius 1 is 1.19 bits per heavy atom. The lowest BCUT2D eigenvalue weighted by atomic mass is 10.1. The summed E-state index contributed by atoms with van der Waals surface area (Å²) in [5.74, 6) is -0.00181. The lowest BCUT2D eigenvalue weighted by Crippen LogP contribution is -2.43. The first-order chi connectivity index (χ1) is 12.8. The molecular formula is C19H26N4O3S. The SMILES string of the molecule is CC(C)CCn1c(SCC(=O)NC(=O)NC(C)C)nc2ccccc2c1=O. The van der Waals surface area contributed by atoms with Gasteiger partial charge in [-0.05, 0) is 38.3 Å². The molecule has 0 aliphatic rings. The molecule has 2 N–H and O–H groups in total. The van der Waals surface area contributed by atoms with Crippen molar-refractivity contribution in [2.24, 2.45) is 5.92 Å². The summed E-state index contributed by atoms with van der Waals surface area (Å²) >= 11 is 1.16. The zero-order valence-electron chi connectivity index (χ0n) is 16.1. The van der Waals surface area contributed by atoms with Gasteiger partial charge >= 0.3 is 6.03 Å². The average Bonchev–Trinajstić information content (AvgIpc) is 2.58. The Hall–Kier alpha value is -2.35. The number of nitrogens with zero attached hydrogens (tertiary/aromatic N) is 2. The highest BCUT2D eigenvalue weighted by atomic mass is 32.2. The number of hydrogen-bond acceptors (Lipinski definition) is 5. The summed E-state index contributed by atoms with van der Waals surface area (Å²) in [6.07, 6.45) is 0.830. The Morgan fingerprint density at radius 3 is 2.56 bits per heavy atom. The summed E-state index contributed by atoms with van der Waals surface area (Å²) in [6.45, 7) is 8.34. The zero-order valence-corrected chi connectivity index (χ0v) is 16.9. The molecule has 0 atom stereocenters. The maximum Gasteiger partial charge on any atom is 0.321 e. The van der Waals surface area contributed by atoms with Gasteiger partial charge in [-0.15, -0.1) is 0 Å². The van der Waals surface area contributed by atoms with Crippen molar-refractivity contribution in [3.05, 3.63) is 34.6 Å². The van der Waals surface area contributed by atoms with E-state index in [-0.39, 0.29) is 17.4 Å². The first-order valence-electron chi connectivity index (χ1n) is 9.00. The van der Waals surface area contributed by atoms with E-state index in [1.54, 1.807) is 16.7 Å². The number of carbonyl (C=O) groups is 2. The standard InChI is InChI=1S/C19H26N4O3S/c1-12(2)9-10-23-17(25)14-7-5-6-8-15(14)21-19(23)27-11-16(24)22-18(26)20-13(3)4/h5-8,12-13H,9-11H2,1-4H3,(H2,20,22,24,26). The van der Waals surface area contributed by atoms with Crippen molar-refractivity contribution in [2.45, 2.75) is 51.9 Å². The third-order valence-corrected chi connectivity index (χ3v) is 4.74. The lowest BCUT2D eigenvalue weighted by molar-refractivity contribution is -0.117. The first-order valence-corrected chi connectivity index (χ1v) is 9.99. The molecule has 2 aromatic rings. The number of benzene rings is 1. The van der Waals surface area contributed by atoms with Crippen LogP contribution in [0.15, 0.2) is 34.2 Å². The Labute approximate surface area is 162 Å². The van der Waals surface area contributed by atoms with Gasteiger partial charge in [-0.2, -0.15) is 0 Å².